The number of carbonyl (C=O) groups is 1. The van der Waals surface area contributed by atoms with Gasteiger partial charge in [-0.2, -0.15) is 0 Å². The first-order valence-corrected chi connectivity index (χ1v) is 12.6. The maximum atomic E-state index is 14.1. The van der Waals surface area contributed by atoms with E-state index in [9.17, 15) is 17.6 Å². The van der Waals surface area contributed by atoms with Crippen LogP contribution in [0.4, 0.5) is 15.8 Å². The average molecular weight is 502 g/mol. The molecular formula is C25H25ClFN3O3S. The number of aryl methyl sites for hydroxylation is 1. The number of amides is 1. The normalized spacial score (nSPS) is 13.6. The van der Waals surface area contributed by atoms with Crippen molar-refractivity contribution in [3.63, 3.8) is 0 Å². The van der Waals surface area contributed by atoms with Gasteiger partial charge in [0.1, 0.15) is 5.82 Å². The predicted molar refractivity (Wildman–Crippen MR) is 132 cm³/mol. The number of rotatable bonds is 6. The molecule has 3 aromatic carbocycles. The maximum Gasteiger partial charge on any atom is 0.264 e. The Kier molecular flexibility index (Phi) is 6.93. The van der Waals surface area contributed by atoms with Crippen molar-refractivity contribution >= 4 is 38.9 Å². The minimum Gasteiger partial charge on any atom is -0.322 e. The molecular weight excluding hydrogens is 477 g/mol. The van der Waals surface area contributed by atoms with E-state index in [1.165, 1.54) is 16.4 Å². The number of sulfonamides is 1. The lowest BCUT2D eigenvalue weighted by Gasteiger charge is -2.31. The summed E-state index contributed by atoms with van der Waals surface area (Å²) < 4.78 is 42.5. The van der Waals surface area contributed by atoms with Crippen molar-refractivity contribution in [3.8, 4) is 0 Å². The molecule has 0 unspecified atom stereocenters. The molecule has 0 radical (unpaired) electrons. The standard InChI is InChI=1S/C25H25ClFN3O3S/c1-29(2)16-17-8-12-20(13-9-17)34(32,33)30-14-4-5-18-10-11-19(15-23(18)30)28-25(31)24-21(26)6-3-7-22(24)27/h3,6-13,15H,4-5,14,16H2,1-2H3,(H,28,31). The maximum absolute atomic E-state index is 14.1. The Balaban J connectivity index is 1.64. The van der Waals surface area contributed by atoms with E-state index < -0.39 is 21.7 Å². The lowest BCUT2D eigenvalue weighted by atomic mass is 10.0. The van der Waals surface area contributed by atoms with Gasteiger partial charge in [-0.1, -0.05) is 35.9 Å². The fourth-order valence-electron chi connectivity index (χ4n) is 4.04. The highest BCUT2D eigenvalue weighted by Crippen LogP contribution is 2.34. The molecule has 0 aliphatic carbocycles. The Morgan fingerprint density at radius 3 is 2.53 bits per heavy atom. The number of nitrogens with one attached hydrogen (secondary N) is 1. The molecule has 6 nitrogen and oxygen atoms in total. The van der Waals surface area contributed by atoms with E-state index >= 15 is 0 Å². The van der Waals surface area contributed by atoms with Crippen molar-refractivity contribution < 1.29 is 17.6 Å². The monoisotopic (exact) mass is 501 g/mol. The van der Waals surface area contributed by atoms with Gasteiger partial charge in [0, 0.05) is 18.8 Å². The van der Waals surface area contributed by atoms with Gasteiger partial charge in [-0.3, -0.25) is 9.10 Å². The van der Waals surface area contributed by atoms with Crippen LogP contribution in [0, 0.1) is 5.82 Å². The quantitative estimate of drug-likeness (QED) is 0.519. The molecule has 1 aliphatic rings. The molecule has 0 bridgehead atoms. The zero-order valence-corrected chi connectivity index (χ0v) is 20.5. The molecule has 1 amide bonds. The van der Waals surface area contributed by atoms with E-state index in [4.69, 9.17) is 11.6 Å². The minimum absolute atomic E-state index is 0.00243. The molecule has 0 fully saturated rings. The van der Waals surface area contributed by atoms with Gasteiger partial charge in [-0.05, 0) is 74.5 Å². The van der Waals surface area contributed by atoms with Gasteiger partial charge in [0.25, 0.3) is 15.9 Å². The molecule has 4 rings (SSSR count). The lowest BCUT2D eigenvalue weighted by molar-refractivity contribution is 0.102. The van der Waals surface area contributed by atoms with Crippen LogP contribution in [0.5, 0.6) is 0 Å². The van der Waals surface area contributed by atoms with Gasteiger partial charge in [0.15, 0.2) is 0 Å². The zero-order chi connectivity index (χ0) is 24.5. The second-order valence-corrected chi connectivity index (χ2v) is 10.7. The Labute approximate surface area is 204 Å². The van der Waals surface area contributed by atoms with Crippen molar-refractivity contribution in [2.45, 2.75) is 24.3 Å². The lowest BCUT2D eigenvalue weighted by Crippen LogP contribution is -2.35. The predicted octanol–water partition coefficient (Wildman–Crippen LogP) is 4.93. The minimum atomic E-state index is -3.81. The highest BCUT2D eigenvalue weighted by atomic mass is 35.5. The summed E-state index contributed by atoms with van der Waals surface area (Å²) >= 11 is 6.00. The van der Waals surface area contributed by atoms with Crippen molar-refractivity contribution in [1.82, 2.24) is 4.90 Å². The number of hydrogen-bond acceptors (Lipinski definition) is 4. The second-order valence-electron chi connectivity index (χ2n) is 8.46. The highest BCUT2D eigenvalue weighted by molar-refractivity contribution is 7.92. The molecule has 9 heteroatoms. The van der Waals surface area contributed by atoms with Gasteiger partial charge >= 0.3 is 0 Å². The van der Waals surface area contributed by atoms with Gasteiger partial charge in [-0.15, -0.1) is 0 Å². The largest absolute Gasteiger partial charge is 0.322 e. The Morgan fingerprint density at radius 1 is 1.12 bits per heavy atom. The van der Waals surface area contributed by atoms with Crippen LogP contribution in [0.15, 0.2) is 65.6 Å². The highest BCUT2D eigenvalue weighted by Gasteiger charge is 2.29. The van der Waals surface area contributed by atoms with Crippen LogP contribution in [-0.4, -0.2) is 39.9 Å². The van der Waals surface area contributed by atoms with Gasteiger partial charge in [-0.25, -0.2) is 12.8 Å². The molecule has 3 aromatic rings. The van der Waals surface area contributed by atoms with Crippen LogP contribution in [-0.2, 0) is 23.0 Å². The van der Waals surface area contributed by atoms with Crippen molar-refractivity contribution in [2.24, 2.45) is 0 Å². The second kappa shape index (κ2) is 9.74. The number of hydrogen-bond donors (Lipinski definition) is 1. The Hall–Kier alpha value is -2.94. The van der Waals surface area contributed by atoms with Gasteiger partial charge in [0.05, 0.1) is 21.2 Å². The third-order valence-corrected chi connectivity index (χ3v) is 7.76. The van der Waals surface area contributed by atoms with E-state index in [0.29, 0.717) is 30.9 Å². The molecule has 0 aromatic heterocycles. The Morgan fingerprint density at radius 2 is 1.85 bits per heavy atom. The number of carbonyl (C=O) groups excluding carboxylic acids is 1. The van der Waals surface area contributed by atoms with Gasteiger partial charge < -0.3 is 10.2 Å². The van der Waals surface area contributed by atoms with E-state index in [1.54, 1.807) is 30.3 Å². The van der Waals surface area contributed by atoms with E-state index in [0.717, 1.165) is 23.6 Å². The molecule has 1 heterocycles. The van der Waals surface area contributed by atoms with Crippen LogP contribution >= 0.6 is 11.6 Å². The van der Waals surface area contributed by atoms with E-state index in [2.05, 4.69) is 5.32 Å². The summed E-state index contributed by atoms with van der Waals surface area (Å²) in [5, 5.41) is 2.64. The van der Waals surface area contributed by atoms with Crippen LogP contribution in [0.3, 0.4) is 0 Å². The molecule has 34 heavy (non-hydrogen) atoms. The summed E-state index contributed by atoms with van der Waals surface area (Å²) in [7, 11) is 0.0948. The SMILES string of the molecule is CN(C)Cc1ccc(S(=O)(=O)N2CCCc3ccc(NC(=O)c4c(F)cccc4Cl)cc32)cc1. The average Bonchev–Trinajstić information content (AvgIpc) is 2.78. The number of anilines is 2. The van der Waals surface area contributed by atoms with Crippen LogP contribution in [0.25, 0.3) is 0 Å². The topological polar surface area (TPSA) is 69.7 Å². The van der Waals surface area contributed by atoms with Crippen LogP contribution in [0.2, 0.25) is 5.02 Å². The first-order chi connectivity index (χ1) is 16.2. The molecule has 0 saturated heterocycles. The van der Waals surface area contributed by atoms with E-state index in [1.807, 2.05) is 31.1 Å². The van der Waals surface area contributed by atoms with Crippen LogP contribution in [0.1, 0.15) is 27.9 Å². The first kappa shape index (κ1) is 24.2. The number of halogens is 2. The number of benzene rings is 3. The molecule has 0 atom stereocenters. The summed E-state index contributed by atoms with van der Waals surface area (Å²) in [5.74, 6) is -1.44. The van der Waals surface area contributed by atoms with E-state index in [-0.39, 0.29) is 15.5 Å². The molecule has 0 saturated carbocycles. The van der Waals surface area contributed by atoms with Crippen molar-refractivity contribution in [2.75, 3.05) is 30.3 Å². The zero-order valence-electron chi connectivity index (χ0n) is 18.9. The van der Waals surface area contributed by atoms with Gasteiger partial charge in [0.2, 0.25) is 0 Å². The van der Waals surface area contributed by atoms with Crippen molar-refractivity contribution in [1.29, 1.82) is 0 Å². The first-order valence-electron chi connectivity index (χ1n) is 10.8. The van der Waals surface area contributed by atoms with Crippen molar-refractivity contribution in [3.05, 3.63) is 88.2 Å². The summed E-state index contributed by atoms with van der Waals surface area (Å²) in [4.78, 5) is 14.9. The third kappa shape index (κ3) is 4.94. The molecule has 178 valence electrons. The summed E-state index contributed by atoms with van der Waals surface area (Å²) in [6.07, 6.45) is 1.40. The third-order valence-electron chi connectivity index (χ3n) is 5.62. The summed E-state index contributed by atoms with van der Waals surface area (Å²) in [6.45, 7) is 1.04. The molecule has 0 spiro atoms. The smallest absolute Gasteiger partial charge is 0.264 e. The Bertz CT molecular complexity index is 1310. The molecule has 1 N–H and O–H groups in total. The number of fused-ring (bicyclic) bond motifs is 1. The van der Waals surface area contributed by atoms with Crippen LogP contribution < -0.4 is 9.62 Å². The summed E-state index contributed by atoms with van der Waals surface area (Å²) in [5.41, 5.74) is 2.47. The summed E-state index contributed by atoms with van der Waals surface area (Å²) in [6, 6.07) is 16.0. The number of nitrogens with zero attached hydrogens (tertiary/aromatic N) is 2. The fraction of sp³-hybridized carbons (Fsp3) is 0.240. The molecule has 1 aliphatic heterocycles. The fourth-order valence-corrected chi connectivity index (χ4v) is 5.82.